The summed E-state index contributed by atoms with van der Waals surface area (Å²) in [5, 5.41) is 6.70. The van der Waals surface area contributed by atoms with Crippen LogP contribution < -0.4 is 0 Å². The Balaban J connectivity index is 1.56. The standard InChI is InChI=1S/C19H26N4O/c1-22(19(24)9-8-16-12-20-21-13-16)14-17-6-2-3-7-18(17)15-23-10-4-5-11-23/h2-3,6-7,12-13H,4-5,8-11,14-15H2,1H3,(H,20,21). The Morgan fingerprint density at radius 1 is 1.25 bits per heavy atom. The van der Waals surface area contributed by atoms with Crippen molar-refractivity contribution in [2.75, 3.05) is 20.1 Å². The van der Waals surface area contributed by atoms with Crippen molar-refractivity contribution in [2.45, 2.75) is 38.8 Å². The highest BCUT2D eigenvalue weighted by Gasteiger charge is 2.15. The van der Waals surface area contributed by atoms with Crippen LogP contribution >= 0.6 is 0 Å². The van der Waals surface area contributed by atoms with Crippen LogP contribution in [0.25, 0.3) is 0 Å². The van der Waals surface area contributed by atoms with Crippen LogP contribution in [0.4, 0.5) is 0 Å². The van der Waals surface area contributed by atoms with Gasteiger partial charge in [-0.1, -0.05) is 24.3 Å². The van der Waals surface area contributed by atoms with Crippen LogP contribution in [0.3, 0.4) is 0 Å². The summed E-state index contributed by atoms with van der Waals surface area (Å²) in [7, 11) is 1.89. The number of nitrogens with one attached hydrogen (secondary N) is 1. The van der Waals surface area contributed by atoms with Gasteiger partial charge in [0, 0.05) is 32.8 Å². The molecule has 0 unspecified atom stereocenters. The molecule has 1 aliphatic rings. The monoisotopic (exact) mass is 326 g/mol. The lowest BCUT2D eigenvalue weighted by Gasteiger charge is -2.21. The van der Waals surface area contributed by atoms with Crippen LogP contribution in [0.15, 0.2) is 36.7 Å². The number of aromatic amines is 1. The van der Waals surface area contributed by atoms with Gasteiger partial charge >= 0.3 is 0 Å². The second-order valence-corrected chi connectivity index (χ2v) is 6.61. The molecule has 1 aromatic heterocycles. The third kappa shape index (κ3) is 4.45. The minimum atomic E-state index is 0.173. The molecule has 5 nitrogen and oxygen atoms in total. The van der Waals surface area contributed by atoms with Gasteiger partial charge in [-0.05, 0) is 49.0 Å². The first-order chi connectivity index (χ1) is 11.7. The highest BCUT2D eigenvalue weighted by molar-refractivity contribution is 5.76. The molecule has 1 fully saturated rings. The Bertz CT molecular complexity index is 647. The van der Waals surface area contributed by atoms with Crippen LogP contribution in [-0.4, -0.2) is 46.0 Å². The number of carbonyl (C=O) groups is 1. The van der Waals surface area contributed by atoms with Crippen molar-refractivity contribution in [1.82, 2.24) is 20.0 Å². The third-order valence-corrected chi connectivity index (χ3v) is 4.73. The van der Waals surface area contributed by atoms with E-state index in [1.54, 1.807) is 6.20 Å². The van der Waals surface area contributed by atoms with E-state index in [0.717, 1.165) is 18.5 Å². The molecule has 5 heteroatoms. The van der Waals surface area contributed by atoms with E-state index in [-0.39, 0.29) is 5.91 Å². The Morgan fingerprint density at radius 2 is 2.00 bits per heavy atom. The predicted molar refractivity (Wildman–Crippen MR) is 94.3 cm³/mol. The first-order valence-electron chi connectivity index (χ1n) is 8.73. The molecule has 128 valence electrons. The van der Waals surface area contributed by atoms with Crippen molar-refractivity contribution in [3.63, 3.8) is 0 Å². The topological polar surface area (TPSA) is 52.2 Å². The molecular weight excluding hydrogens is 300 g/mol. The molecule has 0 radical (unpaired) electrons. The van der Waals surface area contributed by atoms with Crippen LogP contribution in [0.1, 0.15) is 36.0 Å². The second-order valence-electron chi connectivity index (χ2n) is 6.61. The minimum Gasteiger partial charge on any atom is -0.341 e. The van der Waals surface area contributed by atoms with Crippen LogP contribution in [0, 0.1) is 0 Å². The molecule has 0 spiro atoms. The summed E-state index contributed by atoms with van der Waals surface area (Å²) < 4.78 is 0. The first-order valence-corrected chi connectivity index (χ1v) is 8.73. The maximum absolute atomic E-state index is 12.4. The lowest BCUT2D eigenvalue weighted by Crippen LogP contribution is -2.27. The van der Waals surface area contributed by atoms with Gasteiger partial charge in [-0.25, -0.2) is 0 Å². The van der Waals surface area contributed by atoms with Crippen LogP contribution in [-0.2, 0) is 24.3 Å². The van der Waals surface area contributed by atoms with Crippen molar-refractivity contribution in [1.29, 1.82) is 0 Å². The van der Waals surface area contributed by atoms with Gasteiger partial charge in [0.15, 0.2) is 0 Å². The summed E-state index contributed by atoms with van der Waals surface area (Å²) >= 11 is 0. The summed E-state index contributed by atoms with van der Waals surface area (Å²) in [6.07, 6.45) is 7.47. The van der Waals surface area contributed by atoms with Gasteiger partial charge in [0.05, 0.1) is 6.20 Å². The molecule has 2 heterocycles. The quantitative estimate of drug-likeness (QED) is 0.851. The van der Waals surface area contributed by atoms with Crippen molar-refractivity contribution < 1.29 is 4.79 Å². The van der Waals surface area contributed by atoms with Crippen LogP contribution in [0.5, 0.6) is 0 Å². The number of likely N-dealkylation sites (tertiary alicyclic amines) is 1. The zero-order chi connectivity index (χ0) is 16.8. The van der Waals surface area contributed by atoms with Gasteiger partial charge in [0.2, 0.25) is 5.91 Å². The largest absolute Gasteiger partial charge is 0.341 e. The number of benzene rings is 1. The fourth-order valence-electron chi connectivity index (χ4n) is 3.25. The number of hydrogen-bond acceptors (Lipinski definition) is 3. The molecule has 1 N–H and O–H groups in total. The number of aryl methyl sites for hydroxylation is 1. The van der Waals surface area contributed by atoms with Gasteiger partial charge in [-0.3, -0.25) is 14.8 Å². The Labute approximate surface area is 143 Å². The number of hydrogen-bond donors (Lipinski definition) is 1. The lowest BCUT2D eigenvalue weighted by atomic mass is 10.1. The average Bonchev–Trinajstić information content (AvgIpc) is 3.28. The molecule has 24 heavy (non-hydrogen) atoms. The van der Waals surface area contributed by atoms with E-state index >= 15 is 0 Å². The van der Waals surface area contributed by atoms with E-state index in [9.17, 15) is 4.79 Å². The van der Waals surface area contributed by atoms with Crippen molar-refractivity contribution >= 4 is 5.91 Å². The number of rotatable bonds is 7. The fourth-order valence-corrected chi connectivity index (χ4v) is 3.25. The van der Waals surface area contributed by atoms with Gasteiger partial charge in [-0.2, -0.15) is 5.10 Å². The van der Waals surface area contributed by atoms with Crippen molar-refractivity contribution in [3.05, 3.63) is 53.3 Å². The number of nitrogens with zero attached hydrogens (tertiary/aromatic N) is 3. The summed E-state index contributed by atoms with van der Waals surface area (Å²) in [4.78, 5) is 16.7. The van der Waals surface area contributed by atoms with Crippen molar-refractivity contribution in [3.8, 4) is 0 Å². The van der Waals surface area contributed by atoms with Gasteiger partial charge < -0.3 is 4.90 Å². The average molecular weight is 326 g/mol. The summed E-state index contributed by atoms with van der Waals surface area (Å²) in [5.41, 5.74) is 3.67. The summed E-state index contributed by atoms with van der Waals surface area (Å²) in [6.45, 7) is 4.04. The number of H-pyrrole nitrogens is 1. The second kappa shape index (κ2) is 8.11. The Hall–Kier alpha value is -2.14. The first kappa shape index (κ1) is 16.7. The molecule has 1 amide bonds. The van der Waals surface area contributed by atoms with E-state index in [0.29, 0.717) is 13.0 Å². The number of carbonyl (C=O) groups excluding carboxylic acids is 1. The molecule has 1 saturated heterocycles. The van der Waals surface area contributed by atoms with Gasteiger partial charge in [0.25, 0.3) is 0 Å². The van der Waals surface area contributed by atoms with Crippen LogP contribution in [0.2, 0.25) is 0 Å². The molecule has 0 atom stereocenters. The zero-order valence-corrected chi connectivity index (χ0v) is 14.4. The molecule has 1 aromatic carbocycles. The third-order valence-electron chi connectivity index (χ3n) is 4.73. The van der Waals surface area contributed by atoms with E-state index in [1.807, 2.05) is 18.1 Å². The predicted octanol–water partition coefficient (Wildman–Crippen LogP) is 2.60. The van der Waals surface area contributed by atoms with Gasteiger partial charge in [0.1, 0.15) is 0 Å². The maximum Gasteiger partial charge on any atom is 0.222 e. The molecule has 0 saturated carbocycles. The molecule has 1 aliphatic heterocycles. The SMILES string of the molecule is CN(Cc1ccccc1CN1CCCC1)C(=O)CCc1cn[nH]c1. The smallest absolute Gasteiger partial charge is 0.222 e. The van der Waals surface area contributed by atoms with E-state index < -0.39 is 0 Å². The molecule has 2 aromatic rings. The maximum atomic E-state index is 12.4. The molecule has 3 rings (SSSR count). The Kier molecular flexibility index (Phi) is 5.64. The normalized spacial score (nSPS) is 14.9. The fraction of sp³-hybridized carbons (Fsp3) is 0.474. The minimum absolute atomic E-state index is 0.173. The van der Waals surface area contributed by atoms with E-state index in [4.69, 9.17) is 0 Å². The van der Waals surface area contributed by atoms with Crippen molar-refractivity contribution in [2.24, 2.45) is 0 Å². The van der Waals surface area contributed by atoms with Gasteiger partial charge in [-0.15, -0.1) is 0 Å². The number of amides is 1. The number of aromatic nitrogens is 2. The molecule has 0 aliphatic carbocycles. The highest BCUT2D eigenvalue weighted by atomic mass is 16.2. The highest BCUT2D eigenvalue weighted by Crippen LogP contribution is 2.17. The van der Waals surface area contributed by atoms with E-state index in [2.05, 4.69) is 39.4 Å². The molecular formula is C19H26N4O. The zero-order valence-electron chi connectivity index (χ0n) is 14.4. The van der Waals surface area contributed by atoms with E-state index in [1.165, 1.54) is 37.1 Å². The lowest BCUT2D eigenvalue weighted by molar-refractivity contribution is -0.130. The Morgan fingerprint density at radius 3 is 2.71 bits per heavy atom. The molecule has 0 bridgehead atoms. The summed E-state index contributed by atoms with van der Waals surface area (Å²) in [5.74, 6) is 0.173. The summed E-state index contributed by atoms with van der Waals surface area (Å²) in [6, 6.07) is 8.49.